The molecular formula is C13H10Br2N2O3. The van der Waals surface area contributed by atoms with E-state index < -0.39 is 12.0 Å². The quantitative estimate of drug-likeness (QED) is 0.610. The van der Waals surface area contributed by atoms with Crippen molar-refractivity contribution in [1.82, 2.24) is 5.43 Å². The predicted molar refractivity (Wildman–Crippen MR) is 81.2 cm³/mol. The number of amides is 1. The fraction of sp³-hybridized carbons (Fsp3) is 0.0769. The molecule has 0 aliphatic carbocycles. The summed E-state index contributed by atoms with van der Waals surface area (Å²) in [5.41, 5.74) is 2.75. The van der Waals surface area contributed by atoms with Crippen molar-refractivity contribution in [3.63, 3.8) is 0 Å². The van der Waals surface area contributed by atoms with Gasteiger partial charge in [-0.3, -0.25) is 4.79 Å². The van der Waals surface area contributed by atoms with E-state index in [9.17, 15) is 9.90 Å². The molecule has 0 radical (unpaired) electrons. The van der Waals surface area contributed by atoms with Crippen LogP contribution in [0.1, 0.15) is 17.4 Å². The summed E-state index contributed by atoms with van der Waals surface area (Å²) in [6, 6.07) is 10.3. The summed E-state index contributed by atoms with van der Waals surface area (Å²) in [6.07, 6.45) is 0.0777. The van der Waals surface area contributed by atoms with Crippen LogP contribution in [0.3, 0.4) is 0 Å². The fourth-order valence-electron chi connectivity index (χ4n) is 1.43. The Kier molecular flexibility index (Phi) is 5.11. The van der Waals surface area contributed by atoms with Crippen LogP contribution in [0.5, 0.6) is 0 Å². The van der Waals surface area contributed by atoms with Crippen molar-refractivity contribution in [2.75, 3.05) is 0 Å². The number of hydrazone groups is 1. The van der Waals surface area contributed by atoms with Gasteiger partial charge in [0.25, 0.3) is 5.91 Å². The minimum absolute atomic E-state index is 0.457. The van der Waals surface area contributed by atoms with E-state index in [2.05, 4.69) is 42.4 Å². The number of furan rings is 1. The zero-order valence-electron chi connectivity index (χ0n) is 10.1. The lowest BCUT2D eigenvalue weighted by Crippen LogP contribution is -2.25. The molecule has 0 spiro atoms. The highest BCUT2D eigenvalue weighted by atomic mass is 79.9. The van der Waals surface area contributed by atoms with E-state index in [1.165, 1.54) is 6.21 Å². The van der Waals surface area contributed by atoms with Crippen molar-refractivity contribution in [3.8, 4) is 0 Å². The van der Waals surface area contributed by atoms with Crippen LogP contribution in [-0.4, -0.2) is 17.2 Å². The Hall–Kier alpha value is -1.44. The van der Waals surface area contributed by atoms with Crippen LogP contribution in [0.2, 0.25) is 0 Å². The van der Waals surface area contributed by atoms with Crippen molar-refractivity contribution in [2.24, 2.45) is 5.10 Å². The van der Waals surface area contributed by atoms with Gasteiger partial charge in [-0.25, -0.2) is 5.43 Å². The van der Waals surface area contributed by atoms with Crippen molar-refractivity contribution >= 4 is 44.0 Å². The smallest absolute Gasteiger partial charge is 0.273 e. The topological polar surface area (TPSA) is 74.8 Å². The molecule has 1 heterocycles. The second-order valence-corrected chi connectivity index (χ2v) is 5.39. The lowest BCUT2D eigenvalue weighted by atomic mass is 10.1. The van der Waals surface area contributed by atoms with Crippen LogP contribution in [0, 0.1) is 0 Å². The Bertz CT molecular complexity index is 606. The number of nitrogens with one attached hydrogen (secondary N) is 1. The first-order valence-corrected chi connectivity index (χ1v) is 7.17. The number of hydrogen-bond acceptors (Lipinski definition) is 4. The molecule has 1 atom stereocenters. The van der Waals surface area contributed by atoms with Crippen molar-refractivity contribution in [3.05, 3.63) is 56.9 Å². The summed E-state index contributed by atoms with van der Waals surface area (Å²) in [5, 5.41) is 13.5. The maximum atomic E-state index is 11.7. The number of carbonyl (C=O) groups excluding carboxylic acids is 1. The van der Waals surface area contributed by atoms with Crippen molar-refractivity contribution in [2.45, 2.75) is 6.10 Å². The third-order valence-corrected chi connectivity index (χ3v) is 4.10. The zero-order valence-corrected chi connectivity index (χ0v) is 13.3. The number of rotatable bonds is 4. The van der Waals surface area contributed by atoms with E-state index in [4.69, 9.17) is 4.42 Å². The number of halogens is 2. The molecule has 0 aliphatic heterocycles. The van der Waals surface area contributed by atoms with Gasteiger partial charge in [0.2, 0.25) is 0 Å². The Morgan fingerprint density at radius 1 is 1.35 bits per heavy atom. The molecule has 20 heavy (non-hydrogen) atoms. The number of hydrogen-bond donors (Lipinski definition) is 2. The summed E-state index contributed by atoms with van der Waals surface area (Å²) in [5.74, 6) is -0.157. The molecule has 2 rings (SSSR count). The first kappa shape index (κ1) is 15.0. The maximum absolute atomic E-state index is 11.7. The molecule has 2 aromatic rings. The summed E-state index contributed by atoms with van der Waals surface area (Å²) in [4.78, 5) is 11.7. The van der Waals surface area contributed by atoms with Gasteiger partial charge in [-0.1, -0.05) is 30.3 Å². The lowest BCUT2D eigenvalue weighted by Gasteiger charge is -2.08. The number of benzene rings is 1. The number of carbonyl (C=O) groups is 1. The van der Waals surface area contributed by atoms with Crippen LogP contribution in [0.15, 0.2) is 55.1 Å². The maximum Gasteiger partial charge on any atom is 0.273 e. The first-order valence-electron chi connectivity index (χ1n) is 5.58. The Morgan fingerprint density at radius 2 is 2.05 bits per heavy atom. The molecule has 0 fully saturated rings. The normalized spacial score (nSPS) is 12.6. The van der Waals surface area contributed by atoms with E-state index in [0.29, 0.717) is 16.0 Å². The molecule has 2 N–H and O–H groups in total. The van der Waals surface area contributed by atoms with Gasteiger partial charge in [-0.15, -0.1) is 0 Å². The molecule has 1 unspecified atom stereocenters. The van der Waals surface area contributed by atoms with Gasteiger partial charge in [0.1, 0.15) is 5.76 Å². The minimum Gasteiger partial charge on any atom is -0.447 e. The van der Waals surface area contributed by atoms with Crippen LogP contribution >= 0.6 is 31.9 Å². The second-order valence-electron chi connectivity index (χ2n) is 3.82. The molecule has 0 aliphatic rings. The van der Waals surface area contributed by atoms with Gasteiger partial charge in [0.05, 0.1) is 10.7 Å². The molecular weight excluding hydrogens is 392 g/mol. The average molecular weight is 402 g/mol. The summed E-state index contributed by atoms with van der Waals surface area (Å²) >= 11 is 6.45. The highest BCUT2D eigenvalue weighted by Gasteiger charge is 2.16. The van der Waals surface area contributed by atoms with E-state index in [0.717, 1.165) is 4.47 Å². The zero-order chi connectivity index (χ0) is 14.5. The molecule has 0 bridgehead atoms. The van der Waals surface area contributed by atoms with Crippen LogP contribution in [0.4, 0.5) is 0 Å². The van der Waals surface area contributed by atoms with Gasteiger partial charge >= 0.3 is 0 Å². The van der Waals surface area contributed by atoms with Crippen LogP contribution < -0.4 is 5.43 Å². The standard InChI is InChI=1S/C13H10Br2N2O3/c14-10-6-9(20-12(10)15)7-16-17-13(19)11(18)8-4-2-1-3-5-8/h1-7,11,18H,(H,17,19). The monoisotopic (exact) mass is 400 g/mol. The van der Waals surface area contributed by atoms with Gasteiger partial charge < -0.3 is 9.52 Å². The largest absolute Gasteiger partial charge is 0.447 e. The van der Waals surface area contributed by atoms with E-state index in [1.54, 1.807) is 36.4 Å². The third kappa shape index (κ3) is 3.78. The van der Waals surface area contributed by atoms with Crippen LogP contribution in [0.25, 0.3) is 0 Å². The molecule has 0 saturated carbocycles. The highest BCUT2D eigenvalue weighted by molar-refractivity contribution is 9.13. The van der Waals surface area contributed by atoms with E-state index >= 15 is 0 Å². The second kappa shape index (κ2) is 6.83. The van der Waals surface area contributed by atoms with E-state index in [1.807, 2.05) is 0 Å². The Balaban J connectivity index is 1.95. The molecule has 1 aromatic heterocycles. The third-order valence-electron chi connectivity index (χ3n) is 2.39. The Morgan fingerprint density at radius 3 is 2.65 bits per heavy atom. The highest BCUT2D eigenvalue weighted by Crippen LogP contribution is 2.25. The number of aliphatic hydroxyl groups excluding tert-OH is 1. The SMILES string of the molecule is O=C(NN=Cc1cc(Br)c(Br)o1)C(O)c1ccccc1. The minimum atomic E-state index is -1.26. The average Bonchev–Trinajstić information content (AvgIpc) is 2.77. The van der Waals surface area contributed by atoms with Gasteiger partial charge in [0, 0.05) is 6.07 Å². The molecule has 104 valence electrons. The van der Waals surface area contributed by atoms with E-state index in [-0.39, 0.29) is 0 Å². The molecule has 1 amide bonds. The summed E-state index contributed by atoms with van der Waals surface area (Å²) in [6.45, 7) is 0. The first-order chi connectivity index (χ1) is 9.58. The Labute approximate surface area is 131 Å². The number of aliphatic hydroxyl groups is 1. The van der Waals surface area contributed by atoms with Gasteiger partial charge in [-0.2, -0.15) is 5.10 Å². The van der Waals surface area contributed by atoms with Gasteiger partial charge in [0.15, 0.2) is 10.8 Å². The number of nitrogens with zero attached hydrogens (tertiary/aromatic N) is 1. The molecule has 7 heteroatoms. The lowest BCUT2D eigenvalue weighted by molar-refractivity contribution is -0.129. The van der Waals surface area contributed by atoms with Crippen molar-refractivity contribution < 1.29 is 14.3 Å². The fourth-order valence-corrected chi connectivity index (χ4v) is 2.04. The summed E-state index contributed by atoms with van der Waals surface area (Å²) < 4.78 is 6.53. The van der Waals surface area contributed by atoms with Gasteiger partial charge in [-0.05, 0) is 37.4 Å². The molecule has 5 nitrogen and oxygen atoms in total. The molecule has 0 saturated heterocycles. The van der Waals surface area contributed by atoms with Crippen molar-refractivity contribution in [1.29, 1.82) is 0 Å². The predicted octanol–water partition coefficient (Wildman–Crippen LogP) is 2.99. The molecule has 1 aromatic carbocycles. The van der Waals surface area contributed by atoms with Crippen LogP contribution in [-0.2, 0) is 4.79 Å². The summed E-state index contributed by atoms with van der Waals surface area (Å²) in [7, 11) is 0.